The third-order valence-corrected chi connectivity index (χ3v) is 4.43. The van der Waals surface area contributed by atoms with Gasteiger partial charge in [-0.2, -0.15) is 0 Å². The summed E-state index contributed by atoms with van der Waals surface area (Å²) < 4.78 is 1.61. The second-order valence-electron chi connectivity index (χ2n) is 5.46. The number of amides is 1. The molecule has 0 aliphatic rings. The van der Waals surface area contributed by atoms with Crippen molar-refractivity contribution >= 4 is 22.2 Å². The molecule has 3 rings (SSSR count). The van der Waals surface area contributed by atoms with E-state index in [9.17, 15) is 9.59 Å². The first kappa shape index (κ1) is 15.4. The van der Waals surface area contributed by atoms with Crippen LogP contribution in [0.15, 0.2) is 40.5 Å². The molecule has 0 radical (unpaired) electrons. The number of carbonyl (C=O) groups excluding carboxylic acids is 1. The van der Waals surface area contributed by atoms with Crippen molar-refractivity contribution in [3.63, 3.8) is 0 Å². The highest BCUT2D eigenvalue weighted by Gasteiger charge is 2.09. The van der Waals surface area contributed by atoms with Crippen LogP contribution in [0.2, 0.25) is 0 Å². The van der Waals surface area contributed by atoms with Crippen LogP contribution in [0.1, 0.15) is 27.3 Å². The molecule has 0 saturated carbocycles. The Balaban J connectivity index is 1.70. The Morgan fingerprint density at radius 1 is 1.30 bits per heavy atom. The summed E-state index contributed by atoms with van der Waals surface area (Å²) in [5.41, 5.74) is 3.21. The number of hydrogen-bond donors (Lipinski definition) is 1. The zero-order valence-corrected chi connectivity index (χ0v) is 13.8. The molecule has 118 valence electrons. The monoisotopic (exact) mass is 327 g/mol. The van der Waals surface area contributed by atoms with Gasteiger partial charge in [-0.05, 0) is 26.0 Å². The number of nitrogens with one attached hydrogen (secondary N) is 1. The number of aromatic nitrogens is 2. The van der Waals surface area contributed by atoms with E-state index in [0.29, 0.717) is 23.5 Å². The van der Waals surface area contributed by atoms with Crippen molar-refractivity contribution in [2.45, 2.75) is 20.3 Å². The van der Waals surface area contributed by atoms with E-state index in [1.165, 1.54) is 17.4 Å². The summed E-state index contributed by atoms with van der Waals surface area (Å²) in [4.78, 5) is 29.2. The fourth-order valence-corrected chi connectivity index (χ4v) is 3.42. The quantitative estimate of drug-likeness (QED) is 0.800. The van der Waals surface area contributed by atoms with Crippen molar-refractivity contribution in [3.05, 3.63) is 68.6 Å². The minimum Gasteiger partial charge on any atom is -0.352 e. The molecular weight excluding hydrogens is 310 g/mol. The van der Waals surface area contributed by atoms with Gasteiger partial charge in [0.2, 0.25) is 0 Å². The molecule has 0 saturated heterocycles. The van der Waals surface area contributed by atoms with Crippen LogP contribution < -0.4 is 10.9 Å². The van der Waals surface area contributed by atoms with Gasteiger partial charge in [0.25, 0.3) is 11.5 Å². The molecule has 2 heterocycles. The van der Waals surface area contributed by atoms with Crippen molar-refractivity contribution in [3.8, 4) is 0 Å². The van der Waals surface area contributed by atoms with E-state index in [-0.39, 0.29) is 11.5 Å². The van der Waals surface area contributed by atoms with E-state index in [4.69, 9.17) is 0 Å². The van der Waals surface area contributed by atoms with E-state index in [2.05, 4.69) is 10.3 Å². The summed E-state index contributed by atoms with van der Waals surface area (Å²) in [5, 5.41) is 4.81. The average Bonchev–Trinajstić information content (AvgIpc) is 2.90. The van der Waals surface area contributed by atoms with Crippen LogP contribution in [0.4, 0.5) is 0 Å². The highest BCUT2D eigenvalue weighted by atomic mass is 32.1. The number of fused-ring (bicyclic) bond motifs is 1. The van der Waals surface area contributed by atoms with Crippen LogP contribution in [-0.4, -0.2) is 21.8 Å². The molecule has 0 fully saturated rings. The Labute approximate surface area is 137 Å². The standard InChI is InChI=1S/C17H17N3O2S/c1-11-4-3-5-13(8-11)16(22)18-7-6-14-10-23-17-19-12(2)9-15(21)20(14)17/h3-5,8-10H,6-7H2,1-2H3,(H,18,22). The van der Waals surface area contributed by atoms with Gasteiger partial charge in [0.05, 0.1) is 0 Å². The van der Waals surface area contributed by atoms with E-state index < -0.39 is 0 Å². The zero-order chi connectivity index (χ0) is 16.4. The maximum Gasteiger partial charge on any atom is 0.258 e. The maximum atomic E-state index is 12.1. The third-order valence-electron chi connectivity index (χ3n) is 3.55. The lowest BCUT2D eigenvalue weighted by Gasteiger charge is -2.06. The summed E-state index contributed by atoms with van der Waals surface area (Å²) in [5.74, 6) is -0.102. The summed E-state index contributed by atoms with van der Waals surface area (Å²) in [6.45, 7) is 4.23. The molecule has 5 nitrogen and oxygen atoms in total. The molecule has 0 atom stereocenters. The van der Waals surface area contributed by atoms with Crippen molar-refractivity contribution in [2.24, 2.45) is 0 Å². The molecule has 1 N–H and O–H groups in total. The van der Waals surface area contributed by atoms with E-state index in [0.717, 1.165) is 17.0 Å². The molecule has 1 amide bonds. The minimum absolute atomic E-state index is 0.0752. The molecule has 23 heavy (non-hydrogen) atoms. The average molecular weight is 327 g/mol. The Morgan fingerprint density at radius 3 is 2.91 bits per heavy atom. The molecular formula is C17H17N3O2S. The van der Waals surface area contributed by atoms with Crippen LogP contribution in [-0.2, 0) is 6.42 Å². The van der Waals surface area contributed by atoms with E-state index >= 15 is 0 Å². The van der Waals surface area contributed by atoms with Gasteiger partial charge >= 0.3 is 0 Å². The van der Waals surface area contributed by atoms with Gasteiger partial charge in [0.15, 0.2) is 4.96 Å². The summed E-state index contributed by atoms with van der Waals surface area (Å²) in [6.07, 6.45) is 0.586. The molecule has 0 bridgehead atoms. The van der Waals surface area contributed by atoms with Gasteiger partial charge in [-0.15, -0.1) is 11.3 Å². The lowest BCUT2D eigenvalue weighted by molar-refractivity contribution is 0.0954. The molecule has 3 aromatic rings. The summed E-state index contributed by atoms with van der Waals surface area (Å²) >= 11 is 1.44. The normalized spacial score (nSPS) is 10.9. The molecule has 0 aliphatic heterocycles. The molecule has 6 heteroatoms. The SMILES string of the molecule is Cc1cccc(C(=O)NCCc2csc3nc(C)cc(=O)n23)c1. The van der Waals surface area contributed by atoms with Crippen molar-refractivity contribution < 1.29 is 4.79 Å². The van der Waals surface area contributed by atoms with Crippen LogP contribution in [0.3, 0.4) is 0 Å². The number of aryl methyl sites for hydroxylation is 2. The summed E-state index contributed by atoms with van der Waals surface area (Å²) in [7, 11) is 0. The minimum atomic E-state index is -0.102. The van der Waals surface area contributed by atoms with Gasteiger partial charge in [-0.25, -0.2) is 4.98 Å². The number of carbonyl (C=O) groups is 1. The van der Waals surface area contributed by atoms with Crippen LogP contribution in [0.25, 0.3) is 4.96 Å². The maximum absolute atomic E-state index is 12.1. The zero-order valence-electron chi connectivity index (χ0n) is 13.0. The first-order chi connectivity index (χ1) is 11.0. The van der Waals surface area contributed by atoms with Crippen LogP contribution in [0, 0.1) is 13.8 Å². The van der Waals surface area contributed by atoms with Gasteiger partial charge < -0.3 is 5.32 Å². The number of rotatable bonds is 4. The van der Waals surface area contributed by atoms with Gasteiger partial charge in [-0.3, -0.25) is 14.0 Å². The van der Waals surface area contributed by atoms with Gasteiger partial charge in [0, 0.05) is 41.4 Å². The predicted octanol–water partition coefficient (Wildman–Crippen LogP) is 2.35. The molecule has 0 unspecified atom stereocenters. The van der Waals surface area contributed by atoms with Gasteiger partial charge in [-0.1, -0.05) is 17.7 Å². The Hall–Kier alpha value is -2.47. The first-order valence-electron chi connectivity index (χ1n) is 7.36. The van der Waals surface area contributed by atoms with Crippen molar-refractivity contribution in [1.82, 2.24) is 14.7 Å². The fourth-order valence-electron chi connectivity index (χ4n) is 2.45. The molecule has 0 spiro atoms. The summed E-state index contributed by atoms with van der Waals surface area (Å²) in [6, 6.07) is 8.99. The Morgan fingerprint density at radius 2 is 2.13 bits per heavy atom. The van der Waals surface area contributed by atoms with E-state index in [1.807, 2.05) is 37.4 Å². The molecule has 0 aliphatic carbocycles. The van der Waals surface area contributed by atoms with Gasteiger partial charge in [0.1, 0.15) is 0 Å². The smallest absolute Gasteiger partial charge is 0.258 e. The second-order valence-corrected chi connectivity index (χ2v) is 6.29. The second kappa shape index (κ2) is 6.34. The first-order valence-corrected chi connectivity index (χ1v) is 8.24. The van der Waals surface area contributed by atoms with Crippen molar-refractivity contribution in [2.75, 3.05) is 6.54 Å². The lowest BCUT2D eigenvalue weighted by atomic mass is 10.1. The highest BCUT2D eigenvalue weighted by Crippen LogP contribution is 2.13. The lowest BCUT2D eigenvalue weighted by Crippen LogP contribution is -2.26. The number of thiazole rings is 1. The number of benzene rings is 1. The van der Waals surface area contributed by atoms with Crippen LogP contribution in [0.5, 0.6) is 0 Å². The highest BCUT2D eigenvalue weighted by molar-refractivity contribution is 7.15. The van der Waals surface area contributed by atoms with Crippen LogP contribution >= 0.6 is 11.3 Å². The topological polar surface area (TPSA) is 63.5 Å². The van der Waals surface area contributed by atoms with E-state index in [1.54, 1.807) is 10.5 Å². The Bertz CT molecular complexity index is 927. The largest absolute Gasteiger partial charge is 0.352 e. The number of hydrogen-bond acceptors (Lipinski definition) is 4. The van der Waals surface area contributed by atoms with Crippen molar-refractivity contribution in [1.29, 1.82) is 0 Å². The Kier molecular flexibility index (Phi) is 4.25. The fraction of sp³-hybridized carbons (Fsp3) is 0.235. The molecule has 1 aromatic carbocycles. The third kappa shape index (κ3) is 3.32. The number of nitrogens with zero attached hydrogens (tertiary/aromatic N) is 2. The molecule has 2 aromatic heterocycles. The predicted molar refractivity (Wildman–Crippen MR) is 91.3 cm³/mol.